The van der Waals surface area contributed by atoms with Crippen molar-refractivity contribution >= 4 is 12.0 Å². The second-order valence-electron chi connectivity index (χ2n) is 4.13. The highest BCUT2D eigenvalue weighted by atomic mass is 16.5. The molecule has 16 heavy (non-hydrogen) atoms. The third-order valence-corrected chi connectivity index (χ3v) is 2.17. The Morgan fingerprint density at radius 2 is 2.00 bits per heavy atom. The molecule has 0 unspecified atom stereocenters. The van der Waals surface area contributed by atoms with Crippen molar-refractivity contribution in [1.29, 1.82) is 0 Å². The van der Waals surface area contributed by atoms with Gasteiger partial charge in [0.05, 0.1) is 6.54 Å². The Bertz CT molecular complexity index is 241. The van der Waals surface area contributed by atoms with Gasteiger partial charge in [0.2, 0.25) is 5.91 Å². The van der Waals surface area contributed by atoms with Crippen molar-refractivity contribution in [1.82, 2.24) is 10.6 Å². The van der Waals surface area contributed by atoms with Gasteiger partial charge in [-0.3, -0.25) is 4.79 Å². The Balaban J connectivity index is 3.55. The van der Waals surface area contributed by atoms with Crippen LogP contribution in [0.3, 0.4) is 0 Å². The molecule has 0 heterocycles. The fraction of sp³-hybridized carbons (Fsp3) is 0.800. The van der Waals surface area contributed by atoms with Gasteiger partial charge in [0, 0.05) is 12.1 Å². The number of ether oxygens (including phenoxy) is 1. The lowest BCUT2D eigenvalue weighted by Gasteiger charge is -2.24. The van der Waals surface area contributed by atoms with Crippen LogP contribution in [-0.2, 0) is 9.53 Å². The van der Waals surface area contributed by atoms with E-state index in [0.717, 1.165) is 6.42 Å². The molecule has 0 spiro atoms. The lowest BCUT2D eigenvalue weighted by Crippen LogP contribution is -2.46. The second kappa shape index (κ2) is 7.05. The van der Waals surface area contributed by atoms with E-state index in [4.69, 9.17) is 5.73 Å². The second-order valence-corrected chi connectivity index (χ2v) is 4.13. The fourth-order valence-corrected chi connectivity index (χ4v) is 0.936. The molecule has 0 fully saturated rings. The zero-order valence-electron chi connectivity index (χ0n) is 10.1. The molecule has 0 aromatic rings. The fourth-order valence-electron chi connectivity index (χ4n) is 0.936. The molecule has 0 radical (unpaired) electrons. The van der Waals surface area contributed by atoms with E-state index in [0.29, 0.717) is 6.54 Å². The van der Waals surface area contributed by atoms with Crippen molar-refractivity contribution < 1.29 is 14.3 Å². The minimum Gasteiger partial charge on any atom is -0.448 e. The molecule has 0 atom stereocenters. The van der Waals surface area contributed by atoms with Crippen LogP contribution in [0.4, 0.5) is 4.79 Å². The standard InChI is InChI=1S/C10H21N3O3/c1-4-10(2,3)13-8(14)7-12-5-6-16-9(11)15/h12H,4-7H2,1-3H3,(H2,11,15)(H,13,14). The maximum absolute atomic E-state index is 11.4. The van der Waals surface area contributed by atoms with E-state index < -0.39 is 6.09 Å². The molecule has 0 aliphatic heterocycles. The molecule has 6 nitrogen and oxygen atoms in total. The van der Waals surface area contributed by atoms with E-state index in [1.807, 2.05) is 20.8 Å². The van der Waals surface area contributed by atoms with Gasteiger partial charge in [-0.05, 0) is 20.3 Å². The number of carbonyl (C=O) groups is 2. The van der Waals surface area contributed by atoms with Crippen LogP contribution in [0, 0.1) is 0 Å². The lowest BCUT2D eigenvalue weighted by atomic mass is 10.0. The van der Waals surface area contributed by atoms with Crippen molar-refractivity contribution in [2.75, 3.05) is 19.7 Å². The Morgan fingerprint density at radius 3 is 2.50 bits per heavy atom. The van der Waals surface area contributed by atoms with Crippen molar-refractivity contribution in [3.05, 3.63) is 0 Å². The minimum atomic E-state index is -0.807. The first-order valence-corrected chi connectivity index (χ1v) is 5.31. The summed E-state index contributed by atoms with van der Waals surface area (Å²) in [6.45, 7) is 6.70. The van der Waals surface area contributed by atoms with Crippen LogP contribution in [0.2, 0.25) is 0 Å². The van der Waals surface area contributed by atoms with Crippen LogP contribution in [0.15, 0.2) is 0 Å². The van der Waals surface area contributed by atoms with E-state index in [2.05, 4.69) is 15.4 Å². The number of hydrogen-bond donors (Lipinski definition) is 3. The highest BCUT2D eigenvalue weighted by Crippen LogP contribution is 2.05. The summed E-state index contributed by atoms with van der Waals surface area (Å²) in [6, 6.07) is 0. The zero-order chi connectivity index (χ0) is 12.6. The highest BCUT2D eigenvalue weighted by molar-refractivity contribution is 5.78. The summed E-state index contributed by atoms with van der Waals surface area (Å²) in [5.41, 5.74) is 4.58. The molecule has 0 aromatic heterocycles. The Kier molecular flexibility index (Phi) is 6.48. The molecule has 94 valence electrons. The summed E-state index contributed by atoms with van der Waals surface area (Å²) in [5, 5.41) is 5.71. The average molecular weight is 231 g/mol. The summed E-state index contributed by atoms with van der Waals surface area (Å²) in [4.78, 5) is 21.6. The van der Waals surface area contributed by atoms with Crippen molar-refractivity contribution in [2.45, 2.75) is 32.7 Å². The summed E-state index contributed by atoms with van der Waals surface area (Å²) in [7, 11) is 0. The van der Waals surface area contributed by atoms with E-state index in [-0.39, 0.29) is 24.6 Å². The molecule has 0 saturated carbocycles. The molecular formula is C10H21N3O3. The Labute approximate surface area is 95.9 Å². The van der Waals surface area contributed by atoms with Crippen molar-refractivity contribution in [2.24, 2.45) is 5.73 Å². The Morgan fingerprint density at radius 1 is 1.38 bits per heavy atom. The summed E-state index contributed by atoms with van der Waals surface area (Å²) in [6.07, 6.45) is 0.0575. The van der Waals surface area contributed by atoms with Gasteiger partial charge in [-0.25, -0.2) is 4.79 Å². The average Bonchev–Trinajstić information content (AvgIpc) is 2.16. The highest BCUT2D eigenvalue weighted by Gasteiger charge is 2.16. The smallest absolute Gasteiger partial charge is 0.404 e. The van der Waals surface area contributed by atoms with Gasteiger partial charge in [0.25, 0.3) is 0 Å². The molecule has 0 aliphatic carbocycles. The van der Waals surface area contributed by atoms with E-state index >= 15 is 0 Å². The first kappa shape index (κ1) is 14.7. The normalized spacial score (nSPS) is 10.9. The van der Waals surface area contributed by atoms with Crippen LogP contribution in [0.5, 0.6) is 0 Å². The van der Waals surface area contributed by atoms with Crippen LogP contribution >= 0.6 is 0 Å². The van der Waals surface area contributed by atoms with E-state index in [1.165, 1.54) is 0 Å². The summed E-state index contributed by atoms with van der Waals surface area (Å²) < 4.78 is 4.49. The van der Waals surface area contributed by atoms with Crippen molar-refractivity contribution in [3.8, 4) is 0 Å². The van der Waals surface area contributed by atoms with Crippen LogP contribution in [0.25, 0.3) is 0 Å². The van der Waals surface area contributed by atoms with Crippen LogP contribution in [-0.4, -0.2) is 37.2 Å². The summed E-state index contributed by atoms with van der Waals surface area (Å²) >= 11 is 0. The molecule has 0 aliphatic rings. The first-order chi connectivity index (χ1) is 7.37. The largest absolute Gasteiger partial charge is 0.448 e. The predicted molar refractivity (Wildman–Crippen MR) is 60.9 cm³/mol. The van der Waals surface area contributed by atoms with Gasteiger partial charge >= 0.3 is 6.09 Å². The molecule has 0 rings (SSSR count). The first-order valence-electron chi connectivity index (χ1n) is 5.31. The number of primary amides is 1. The molecular weight excluding hydrogens is 210 g/mol. The lowest BCUT2D eigenvalue weighted by molar-refractivity contribution is -0.121. The van der Waals surface area contributed by atoms with Gasteiger partial charge in [0.15, 0.2) is 0 Å². The van der Waals surface area contributed by atoms with E-state index in [9.17, 15) is 9.59 Å². The number of carbonyl (C=O) groups excluding carboxylic acids is 2. The molecule has 0 bridgehead atoms. The minimum absolute atomic E-state index is 0.0778. The molecule has 0 aromatic carbocycles. The monoisotopic (exact) mass is 231 g/mol. The van der Waals surface area contributed by atoms with Crippen molar-refractivity contribution in [3.63, 3.8) is 0 Å². The SMILES string of the molecule is CCC(C)(C)NC(=O)CNCCOC(N)=O. The third-order valence-electron chi connectivity index (χ3n) is 2.17. The molecule has 2 amide bonds. The van der Waals surface area contributed by atoms with Gasteiger partial charge < -0.3 is 21.1 Å². The molecule has 6 heteroatoms. The number of amides is 2. The van der Waals surface area contributed by atoms with Crippen LogP contribution < -0.4 is 16.4 Å². The molecule has 0 saturated heterocycles. The predicted octanol–water partition coefficient (Wildman–Crippen LogP) is -0.0239. The Hall–Kier alpha value is -1.30. The zero-order valence-corrected chi connectivity index (χ0v) is 10.1. The number of nitrogens with one attached hydrogen (secondary N) is 2. The summed E-state index contributed by atoms with van der Waals surface area (Å²) in [5.74, 6) is -0.0778. The van der Waals surface area contributed by atoms with Gasteiger partial charge in [-0.15, -0.1) is 0 Å². The topological polar surface area (TPSA) is 93.4 Å². The van der Waals surface area contributed by atoms with Gasteiger partial charge in [-0.1, -0.05) is 6.92 Å². The molecule has 4 N–H and O–H groups in total. The van der Waals surface area contributed by atoms with E-state index in [1.54, 1.807) is 0 Å². The quantitative estimate of drug-likeness (QED) is 0.537. The maximum Gasteiger partial charge on any atom is 0.404 e. The maximum atomic E-state index is 11.4. The van der Waals surface area contributed by atoms with Gasteiger partial charge in [-0.2, -0.15) is 0 Å². The third kappa shape index (κ3) is 8.05. The number of nitrogens with two attached hydrogens (primary N) is 1. The number of rotatable bonds is 7. The number of hydrogen-bond acceptors (Lipinski definition) is 4. The van der Waals surface area contributed by atoms with Gasteiger partial charge in [0.1, 0.15) is 6.61 Å². The van der Waals surface area contributed by atoms with Crippen LogP contribution in [0.1, 0.15) is 27.2 Å².